The van der Waals surface area contributed by atoms with Crippen molar-refractivity contribution in [1.82, 2.24) is 15.1 Å². The number of nitrogens with zero attached hydrogens (tertiary/aromatic N) is 2. The molecule has 0 bridgehead atoms. The van der Waals surface area contributed by atoms with Gasteiger partial charge in [-0.15, -0.1) is 0 Å². The van der Waals surface area contributed by atoms with Crippen LogP contribution >= 0.6 is 0 Å². The van der Waals surface area contributed by atoms with Crippen molar-refractivity contribution in [3.8, 4) is 0 Å². The summed E-state index contributed by atoms with van der Waals surface area (Å²) in [6.45, 7) is 7.07. The molecular formula is C13H23N3O2. The molecule has 0 radical (unpaired) electrons. The molecular weight excluding hydrogens is 230 g/mol. The van der Waals surface area contributed by atoms with Gasteiger partial charge in [0.05, 0.1) is 18.7 Å². The van der Waals surface area contributed by atoms with Gasteiger partial charge >= 0.3 is 5.97 Å². The van der Waals surface area contributed by atoms with E-state index in [9.17, 15) is 4.79 Å². The molecule has 1 atom stereocenters. The number of rotatable bonds is 7. The number of esters is 1. The first-order chi connectivity index (χ1) is 8.56. The number of ether oxygens (including phenoxy) is 1. The summed E-state index contributed by atoms with van der Waals surface area (Å²) in [6.07, 6.45) is 3.34. The number of carbonyl (C=O) groups excluding carboxylic acids is 1. The van der Waals surface area contributed by atoms with E-state index in [-0.39, 0.29) is 12.0 Å². The zero-order valence-corrected chi connectivity index (χ0v) is 11.7. The van der Waals surface area contributed by atoms with Crippen molar-refractivity contribution in [3.05, 3.63) is 17.5 Å². The highest BCUT2D eigenvalue weighted by molar-refractivity contribution is 5.69. The second-order valence-electron chi connectivity index (χ2n) is 4.42. The van der Waals surface area contributed by atoms with Gasteiger partial charge < -0.3 is 10.1 Å². The molecule has 5 heteroatoms. The van der Waals surface area contributed by atoms with Crippen molar-refractivity contribution in [2.75, 3.05) is 6.61 Å². The fourth-order valence-corrected chi connectivity index (χ4v) is 1.86. The molecule has 1 unspecified atom stereocenters. The number of hydrogen-bond acceptors (Lipinski definition) is 4. The maximum absolute atomic E-state index is 11.3. The van der Waals surface area contributed by atoms with Crippen LogP contribution < -0.4 is 5.32 Å². The quantitative estimate of drug-likeness (QED) is 0.747. The Bertz CT molecular complexity index is 388. The molecule has 1 rings (SSSR count). The summed E-state index contributed by atoms with van der Waals surface area (Å²) in [4.78, 5) is 11.3. The van der Waals surface area contributed by atoms with Crippen molar-refractivity contribution < 1.29 is 9.53 Å². The Morgan fingerprint density at radius 2 is 2.28 bits per heavy atom. The first-order valence-electron chi connectivity index (χ1n) is 6.47. The van der Waals surface area contributed by atoms with Crippen molar-refractivity contribution in [2.45, 2.75) is 46.2 Å². The number of carbonyl (C=O) groups is 1. The minimum absolute atomic E-state index is 0.106. The Kier molecular flexibility index (Phi) is 5.85. The molecule has 0 aliphatic carbocycles. The second-order valence-corrected chi connectivity index (χ2v) is 4.42. The predicted molar refractivity (Wildman–Crippen MR) is 70.1 cm³/mol. The molecule has 1 aromatic heterocycles. The van der Waals surface area contributed by atoms with Gasteiger partial charge in [-0.05, 0) is 20.3 Å². The van der Waals surface area contributed by atoms with Gasteiger partial charge in [-0.2, -0.15) is 5.10 Å². The molecule has 0 aliphatic heterocycles. The van der Waals surface area contributed by atoms with Crippen molar-refractivity contribution in [2.24, 2.45) is 7.05 Å². The molecule has 0 aliphatic rings. The van der Waals surface area contributed by atoms with E-state index >= 15 is 0 Å². The van der Waals surface area contributed by atoms with E-state index in [1.54, 1.807) is 0 Å². The van der Waals surface area contributed by atoms with Gasteiger partial charge in [-0.1, -0.05) is 6.92 Å². The minimum Gasteiger partial charge on any atom is -0.466 e. The SMILES string of the molecule is CCOC(=O)CC(C)NCc1cn(C)nc1CC. The van der Waals surface area contributed by atoms with Crippen LogP contribution in [0.15, 0.2) is 6.20 Å². The number of nitrogens with one attached hydrogen (secondary N) is 1. The van der Waals surface area contributed by atoms with E-state index in [0.29, 0.717) is 13.0 Å². The highest BCUT2D eigenvalue weighted by Gasteiger charge is 2.11. The van der Waals surface area contributed by atoms with E-state index in [1.807, 2.05) is 31.8 Å². The summed E-state index contributed by atoms with van der Waals surface area (Å²) in [5.41, 5.74) is 2.30. The molecule has 0 aromatic carbocycles. The third kappa shape index (κ3) is 4.49. The normalized spacial score (nSPS) is 12.4. The smallest absolute Gasteiger partial charge is 0.307 e. The molecule has 1 N–H and O–H groups in total. The number of aromatic nitrogens is 2. The third-order valence-corrected chi connectivity index (χ3v) is 2.75. The lowest BCUT2D eigenvalue weighted by Gasteiger charge is -2.12. The zero-order chi connectivity index (χ0) is 13.5. The highest BCUT2D eigenvalue weighted by Crippen LogP contribution is 2.07. The van der Waals surface area contributed by atoms with E-state index in [2.05, 4.69) is 17.3 Å². The summed E-state index contributed by atoms with van der Waals surface area (Å²) in [5, 5.41) is 7.70. The summed E-state index contributed by atoms with van der Waals surface area (Å²) >= 11 is 0. The first-order valence-corrected chi connectivity index (χ1v) is 6.47. The lowest BCUT2D eigenvalue weighted by atomic mass is 10.2. The molecule has 1 aromatic rings. The maximum atomic E-state index is 11.3. The van der Waals surface area contributed by atoms with Crippen molar-refractivity contribution >= 4 is 5.97 Å². The Hall–Kier alpha value is -1.36. The van der Waals surface area contributed by atoms with E-state index in [1.165, 1.54) is 5.56 Å². The van der Waals surface area contributed by atoms with E-state index in [4.69, 9.17) is 4.74 Å². The van der Waals surface area contributed by atoms with E-state index < -0.39 is 0 Å². The number of aryl methyl sites for hydroxylation is 2. The van der Waals surface area contributed by atoms with Gasteiger partial charge in [0.2, 0.25) is 0 Å². The fraction of sp³-hybridized carbons (Fsp3) is 0.692. The lowest BCUT2D eigenvalue weighted by Crippen LogP contribution is -2.29. The van der Waals surface area contributed by atoms with E-state index in [0.717, 1.165) is 18.7 Å². The molecule has 18 heavy (non-hydrogen) atoms. The van der Waals surface area contributed by atoms with Gasteiger partial charge in [0.1, 0.15) is 0 Å². The zero-order valence-electron chi connectivity index (χ0n) is 11.7. The van der Waals surface area contributed by atoms with Crippen LogP contribution in [-0.4, -0.2) is 28.4 Å². The Labute approximate surface area is 109 Å². The molecule has 0 saturated carbocycles. The van der Waals surface area contributed by atoms with Gasteiger partial charge in [0.25, 0.3) is 0 Å². The largest absolute Gasteiger partial charge is 0.466 e. The van der Waals surface area contributed by atoms with Crippen molar-refractivity contribution in [1.29, 1.82) is 0 Å². The van der Waals surface area contributed by atoms with Crippen LogP contribution in [0.25, 0.3) is 0 Å². The van der Waals surface area contributed by atoms with Gasteiger partial charge in [0, 0.05) is 31.4 Å². The maximum Gasteiger partial charge on any atom is 0.307 e. The third-order valence-electron chi connectivity index (χ3n) is 2.75. The fourth-order valence-electron chi connectivity index (χ4n) is 1.86. The Balaban J connectivity index is 2.42. The average molecular weight is 253 g/mol. The standard InChI is InChI=1S/C13H23N3O2/c1-5-12-11(9-16(4)15-12)8-14-10(3)7-13(17)18-6-2/h9-10,14H,5-8H2,1-4H3. The molecule has 0 spiro atoms. The molecule has 0 fully saturated rings. The molecule has 0 amide bonds. The molecule has 5 nitrogen and oxygen atoms in total. The highest BCUT2D eigenvalue weighted by atomic mass is 16.5. The van der Waals surface area contributed by atoms with Crippen LogP contribution in [0.2, 0.25) is 0 Å². The van der Waals surface area contributed by atoms with Gasteiger partial charge in [-0.25, -0.2) is 0 Å². The van der Waals surface area contributed by atoms with Crippen LogP contribution in [0.5, 0.6) is 0 Å². The first kappa shape index (κ1) is 14.7. The van der Waals surface area contributed by atoms with Crippen molar-refractivity contribution in [3.63, 3.8) is 0 Å². The summed E-state index contributed by atoms with van der Waals surface area (Å²) < 4.78 is 6.74. The molecule has 0 saturated heterocycles. The Morgan fingerprint density at radius 3 is 2.89 bits per heavy atom. The average Bonchev–Trinajstić information content (AvgIpc) is 2.67. The second kappa shape index (κ2) is 7.16. The monoisotopic (exact) mass is 253 g/mol. The van der Waals surface area contributed by atoms with Crippen LogP contribution in [-0.2, 0) is 29.5 Å². The molecule has 1 heterocycles. The van der Waals surface area contributed by atoms with Gasteiger partial charge in [0.15, 0.2) is 0 Å². The van der Waals surface area contributed by atoms with Crippen LogP contribution in [0.3, 0.4) is 0 Å². The molecule has 102 valence electrons. The summed E-state index contributed by atoms with van der Waals surface area (Å²) in [5.74, 6) is -0.153. The summed E-state index contributed by atoms with van der Waals surface area (Å²) in [6, 6.07) is 0.106. The van der Waals surface area contributed by atoms with Crippen LogP contribution in [0.1, 0.15) is 38.4 Å². The summed E-state index contributed by atoms with van der Waals surface area (Å²) in [7, 11) is 1.92. The van der Waals surface area contributed by atoms with Gasteiger partial charge in [-0.3, -0.25) is 9.48 Å². The predicted octanol–water partition coefficient (Wildman–Crippen LogP) is 1.41. The minimum atomic E-state index is -0.153. The van der Waals surface area contributed by atoms with Crippen LogP contribution in [0.4, 0.5) is 0 Å². The lowest BCUT2D eigenvalue weighted by molar-refractivity contribution is -0.143. The topological polar surface area (TPSA) is 56.1 Å². The van der Waals surface area contributed by atoms with Crippen LogP contribution in [0, 0.1) is 0 Å². The Morgan fingerprint density at radius 1 is 1.56 bits per heavy atom. The number of hydrogen-bond donors (Lipinski definition) is 1.